The molecule has 2 aromatic rings. The average molecular weight is 318 g/mol. The molecule has 1 atom stereocenters. The molecule has 4 heteroatoms. The highest BCUT2D eigenvalue weighted by Crippen LogP contribution is 2.29. The highest BCUT2D eigenvalue weighted by molar-refractivity contribution is 6.31. The van der Waals surface area contributed by atoms with Crippen molar-refractivity contribution in [3.8, 4) is 0 Å². The van der Waals surface area contributed by atoms with E-state index in [9.17, 15) is 4.39 Å². The molecule has 0 aromatic heterocycles. The Kier molecular flexibility index (Phi) is 5.09. The van der Waals surface area contributed by atoms with E-state index in [1.54, 1.807) is 6.07 Å². The van der Waals surface area contributed by atoms with Crippen LogP contribution in [0, 0.1) is 5.82 Å². The van der Waals surface area contributed by atoms with Gasteiger partial charge in [-0.3, -0.25) is 0 Å². The van der Waals surface area contributed by atoms with Gasteiger partial charge < -0.3 is 0 Å². The Hall–Kier alpha value is -0.760. The molecule has 0 heterocycles. The Morgan fingerprint density at radius 1 is 1.00 bits per heavy atom. The second-order valence-corrected chi connectivity index (χ2v) is 5.45. The fraction of sp³-hybridized carbons (Fsp3) is 0.200. The maximum atomic E-state index is 13.4. The Balaban J connectivity index is 2.24. The fourth-order valence-electron chi connectivity index (χ4n) is 2.00. The predicted molar refractivity (Wildman–Crippen MR) is 80.0 cm³/mol. The normalized spacial score (nSPS) is 12.4. The SMILES string of the molecule is Fc1cc(CC(CCl)c2ccccc2Cl)ccc1Cl. The first-order chi connectivity index (χ1) is 9.11. The topological polar surface area (TPSA) is 0 Å². The van der Waals surface area contributed by atoms with E-state index in [4.69, 9.17) is 34.8 Å². The molecule has 0 aliphatic heterocycles. The van der Waals surface area contributed by atoms with Crippen molar-refractivity contribution in [3.63, 3.8) is 0 Å². The molecule has 0 N–H and O–H groups in total. The van der Waals surface area contributed by atoms with Crippen LogP contribution in [0.5, 0.6) is 0 Å². The monoisotopic (exact) mass is 316 g/mol. The number of alkyl halides is 1. The molecular formula is C15H12Cl3F. The van der Waals surface area contributed by atoms with Gasteiger partial charge in [0.15, 0.2) is 0 Å². The third-order valence-corrected chi connectivity index (χ3v) is 4.02. The van der Waals surface area contributed by atoms with Crippen LogP contribution < -0.4 is 0 Å². The smallest absolute Gasteiger partial charge is 0.142 e. The number of hydrogen-bond donors (Lipinski definition) is 0. The van der Waals surface area contributed by atoms with Crippen molar-refractivity contribution < 1.29 is 4.39 Å². The van der Waals surface area contributed by atoms with Crippen molar-refractivity contribution in [3.05, 3.63) is 69.5 Å². The molecule has 0 saturated heterocycles. The Morgan fingerprint density at radius 2 is 1.74 bits per heavy atom. The van der Waals surface area contributed by atoms with Crippen LogP contribution in [-0.4, -0.2) is 5.88 Å². The molecule has 100 valence electrons. The Bertz CT molecular complexity index is 569. The summed E-state index contributed by atoms with van der Waals surface area (Å²) in [7, 11) is 0. The van der Waals surface area contributed by atoms with Gasteiger partial charge in [-0.2, -0.15) is 0 Å². The molecule has 0 aliphatic carbocycles. The van der Waals surface area contributed by atoms with Crippen LogP contribution in [0.3, 0.4) is 0 Å². The van der Waals surface area contributed by atoms with Crippen LogP contribution in [0.25, 0.3) is 0 Å². The molecule has 2 rings (SSSR count). The van der Waals surface area contributed by atoms with Gasteiger partial charge in [0.1, 0.15) is 5.82 Å². The quantitative estimate of drug-likeness (QED) is 0.635. The lowest BCUT2D eigenvalue weighted by atomic mass is 9.93. The van der Waals surface area contributed by atoms with Gasteiger partial charge >= 0.3 is 0 Å². The molecule has 0 aliphatic rings. The second-order valence-electron chi connectivity index (χ2n) is 4.33. The molecular weight excluding hydrogens is 306 g/mol. The summed E-state index contributed by atoms with van der Waals surface area (Å²) in [5, 5.41) is 0.812. The summed E-state index contributed by atoms with van der Waals surface area (Å²) in [6.45, 7) is 0. The van der Waals surface area contributed by atoms with E-state index in [-0.39, 0.29) is 10.9 Å². The largest absolute Gasteiger partial charge is 0.205 e. The van der Waals surface area contributed by atoms with Gasteiger partial charge in [0.2, 0.25) is 0 Å². The van der Waals surface area contributed by atoms with E-state index in [0.717, 1.165) is 11.1 Å². The van der Waals surface area contributed by atoms with Gasteiger partial charge in [0.05, 0.1) is 5.02 Å². The van der Waals surface area contributed by atoms with Crippen LogP contribution in [0.2, 0.25) is 10.0 Å². The van der Waals surface area contributed by atoms with E-state index in [2.05, 4.69) is 0 Å². The zero-order valence-corrected chi connectivity index (χ0v) is 12.3. The molecule has 19 heavy (non-hydrogen) atoms. The average Bonchev–Trinajstić information content (AvgIpc) is 2.41. The van der Waals surface area contributed by atoms with Crippen molar-refractivity contribution in [2.75, 3.05) is 5.88 Å². The molecule has 0 bridgehead atoms. The lowest BCUT2D eigenvalue weighted by molar-refractivity contribution is 0.623. The van der Waals surface area contributed by atoms with E-state index in [0.29, 0.717) is 17.3 Å². The lowest BCUT2D eigenvalue weighted by Gasteiger charge is -2.16. The standard InChI is InChI=1S/C15H12Cl3F/c16-9-11(12-3-1-2-4-13(12)17)7-10-5-6-14(18)15(19)8-10/h1-6,8,11H,7,9H2. The third-order valence-electron chi connectivity index (χ3n) is 3.00. The summed E-state index contributed by atoms with van der Waals surface area (Å²) in [5.74, 6) is 0.0659. The van der Waals surface area contributed by atoms with Crippen LogP contribution in [-0.2, 0) is 6.42 Å². The second kappa shape index (κ2) is 6.60. The number of benzene rings is 2. The van der Waals surface area contributed by atoms with Crippen LogP contribution in [0.1, 0.15) is 17.0 Å². The van der Waals surface area contributed by atoms with E-state index >= 15 is 0 Å². The summed E-state index contributed by atoms with van der Waals surface area (Å²) in [4.78, 5) is 0. The Morgan fingerprint density at radius 3 is 2.37 bits per heavy atom. The first kappa shape index (κ1) is 14.6. The molecule has 0 saturated carbocycles. The van der Waals surface area contributed by atoms with Gasteiger partial charge in [0.25, 0.3) is 0 Å². The number of halogens is 4. The maximum absolute atomic E-state index is 13.4. The van der Waals surface area contributed by atoms with Gasteiger partial charge in [-0.05, 0) is 35.7 Å². The zero-order valence-electron chi connectivity index (χ0n) is 10.0. The first-order valence-electron chi connectivity index (χ1n) is 5.86. The number of rotatable bonds is 4. The van der Waals surface area contributed by atoms with Crippen molar-refractivity contribution in [2.24, 2.45) is 0 Å². The van der Waals surface area contributed by atoms with Crippen molar-refractivity contribution in [1.82, 2.24) is 0 Å². The molecule has 0 fully saturated rings. The molecule has 0 amide bonds. The van der Waals surface area contributed by atoms with Gasteiger partial charge in [-0.1, -0.05) is 47.5 Å². The maximum Gasteiger partial charge on any atom is 0.142 e. The van der Waals surface area contributed by atoms with Gasteiger partial charge in [-0.15, -0.1) is 11.6 Å². The third kappa shape index (κ3) is 3.62. The molecule has 0 nitrogen and oxygen atoms in total. The summed E-state index contributed by atoms with van der Waals surface area (Å²) < 4.78 is 13.4. The minimum atomic E-state index is -0.411. The van der Waals surface area contributed by atoms with Crippen molar-refractivity contribution in [1.29, 1.82) is 0 Å². The van der Waals surface area contributed by atoms with Gasteiger partial charge in [0, 0.05) is 16.8 Å². The number of hydrogen-bond acceptors (Lipinski definition) is 0. The van der Waals surface area contributed by atoms with E-state index in [1.807, 2.05) is 30.3 Å². The van der Waals surface area contributed by atoms with Crippen molar-refractivity contribution >= 4 is 34.8 Å². The molecule has 0 radical (unpaired) electrons. The minimum absolute atomic E-state index is 0.0518. The highest BCUT2D eigenvalue weighted by Gasteiger charge is 2.15. The van der Waals surface area contributed by atoms with E-state index in [1.165, 1.54) is 6.07 Å². The lowest BCUT2D eigenvalue weighted by Crippen LogP contribution is -2.05. The Labute approximate surface area is 127 Å². The summed E-state index contributed by atoms with van der Waals surface area (Å²) in [6.07, 6.45) is 0.626. The summed E-state index contributed by atoms with van der Waals surface area (Å²) >= 11 is 17.9. The minimum Gasteiger partial charge on any atom is -0.205 e. The fourth-order valence-corrected chi connectivity index (χ4v) is 2.69. The van der Waals surface area contributed by atoms with Crippen molar-refractivity contribution in [2.45, 2.75) is 12.3 Å². The van der Waals surface area contributed by atoms with Crippen LogP contribution in [0.15, 0.2) is 42.5 Å². The summed E-state index contributed by atoms with van der Waals surface area (Å²) in [6, 6.07) is 12.4. The molecule has 1 unspecified atom stereocenters. The summed E-state index contributed by atoms with van der Waals surface area (Å²) in [5.41, 5.74) is 1.84. The van der Waals surface area contributed by atoms with E-state index < -0.39 is 5.82 Å². The first-order valence-corrected chi connectivity index (χ1v) is 7.15. The van der Waals surface area contributed by atoms with Crippen LogP contribution >= 0.6 is 34.8 Å². The van der Waals surface area contributed by atoms with Gasteiger partial charge in [-0.25, -0.2) is 4.39 Å². The van der Waals surface area contributed by atoms with Crippen LogP contribution in [0.4, 0.5) is 4.39 Å². The highest BCUT2D eigenvalue weighted by atomic mass is 35.5. The predicted octanol–water partition coefficient (Wildman–Crippen LogP) is 5.70. The zero-order chi connectivity index (χ0) is 13.8. The molecule has 2 aromatic carbocycles. The molecule has 0 spiro atoms.